The van der Waals surface area contributed by atoms with Crippen LogP contribution in [0.3, 0.4) is 0 Å². The van der Waals surface area contributed by atoms with Crippen LogP contribution in [-0.4, -0.2) is 28.3 Å². The zero-order valence-corrected chi connectivity index (χ0v) is 20.2. The summed E-state index contributed by atoms with van der Waals surface area (Å²) >= 11 is 0. The molecule has 2 heterocycles. The van der Waals surface area contributed by atoms with E-state index in [1.165, 1.54) is 12.3 Å². The van der Waals surface area contributed by atoms with Crippen molar-refractivity contribution < 1.29 is 27.8 Å². The number of nitrogens with zero attached hydrogens (tertiary/aromatic N) is 2. The third kappa shape index (κ3) is 8.59. The number of aryl methyl sites for hydroxylation is 1. The first kappa shape index (κ1) is 27.6. The highest BCUT2D eigenvalue weighted by atomic mass is 19.4. The Morgan fingerprint density at radius 3 is 1.89 bits per heavy atom. The number of halogens is 3. The number of hydrogen-bond acceptors (Lipinski definition) is 6. The van der Waals surface area contributed by atoms with Crippen molar-refractivity contribution in [1.29, 1.82) is 0 Å². The van der Waals surface area contributed by atoms with Gasteiger partial charge in [0.2, 0.25) is 11.8 Å². The topological polar surface area (TPSA) is 90.5 Å². The lowest BCUT2D eigenvalue weighted by molar-refractivity contribution is -0.139. The summed E-state index contributed by atoms with van der Waals surface area (Å²) in [4.78, 5) is 7.72. The second kappa shape index (κ2) is 13.4. The minimum Gasteiger partial charge on any atom is -0.475 e. The number of aromatic nitrogens is 2. The van der Waals surface area contributed by atoms with Crippen LogP contribution in [0.1, 0.15) is 34.4 Å². The van der Waals surface area contributed by atoms with Crippen molar-refractivity contribution in [3.63, 3.8) is 0 Å². The van der Waals surface area contributed by atoms with Crippen LogP contribution in [0.2, 0.25) is 0 Å². The highest BCUT2D eigenvalue weighted by Gasteiger charge is 2.35. The quantitative estimate of drug-likeness (QED) is 0.316. The van der Waals surface area contributed by atoms with Crippen LogP contribution in [-0.2, 0) is 6.18 Å². The van der Waals surface area contributed by atoms with Gasteiger partial charge in [0.1, 0.15) is 24.9 Å². The summed E-state index contributed by atoms with van der Waals surface area (Å²) in [6, 6.07) is 23.9. The minimum absolute atomic E-state index is 0.0793. The first-order valence-corrected chi connectivity index (χ1v) is 11.5. The summed E-state index contributed by atoms with van der Waals surface area (Å²) in [6.45, 7) is 2.06. The fourth-order valence-corrected chi connectivity index (χ4v) is 3.24. The van der Waals surface area contributed by atoms with Gasteiger partial charge >= 0.3 is 6.18 Å². The maximum absolute atomic E-state index is 12.7. The van der Waals surface area contributed by atoms with E-state index in [0.29, 0.717) is 5.88 Å². The molecule has 0 fully saturated rings. The lowest BCUT2D eigenvalue weighted by Crippen LogP contribution is -2.20. The Bertz CT molecular complexity index is 1230. The molecule has 0 aliphatic heterocycles. The maximum atomic E-state index is 12.7. The molecule has 0 aliphatic rings. The SMILES string of the molecule is Cc1cccnc1OCC(O)c1ccccc1.NC(COc1ncccc1C(F)(F)F)c1ccccc1. The van der Waals surface area contributed by atoms with Gasteiger partial charge in [-0.1, -0.05) is 66.7 Å². The lowest BCUT2D eigenvalue weighted by Gasteiger charge is -2.16. The molecule has 0 saturated heterocycles. The van der Waals surface area contributed by atoms with Gasteiger partial charge in [0.15, 0.2) is 0 Å². The van der Waals surface area contributed by atoms with E-state index in [2.05, 4.69) is 9.97 Å². The first-order chi connectivity index (χ1) is 17.8. The van der Waals surface area contributed by atoms with Gasteiger partial charge in [-0.25, -0.2) is 9.97 Å². The second-order valence-corrected chi connectivity index (χ2v) is 8.04. The largest absolute Gasteiger partial charge is 0.475 e. The number of aliphatic hydroxyl groups is 1. The number of ether oxygens (including phenoxy) is 2. The lowest BCUT2D eigenvalue weighted by atomic mass is 10.1. The van der Waals surface area contributed by atoms with Crippen LogP contribution in [0.5, 0.6) is 11.8 Å². The highest BCUT2D eigenvalue weighted by Crippen LogP contribution is 2.34. The molecule has 0 radical (unpaired) electrons. The highest BCUT2D eigenvalue weighted by molar-refractivity contribution is 5.29. The van der Waals surface area contributed by atoms with E-state index in [4.69, 9.17) is 15.2 Å². The molecule has 2 atom stereocenters. The van der Waals surface area contributed by atoms with Gasteiger partial charge in [-0.15, -0.1) is 0 Å². The Kier molecular flexibility index (Phi) is 10.00. The van der Waals surface area contributed by atoms with Crippen LogP contribution in [0.25, 0.3) is 0 Å². The fraction of sp³-hybridized carbons (Fsp3) is 0.214. The van der Waals surface area contributed by atoms with Crippen molar-refractivity contribution in [3.05, 3.63) is 120 Å². The summed E-state index contributed by atoms with van der Waals surface area (Å²) < 4.78 is 48.8. The maximum Gasteiger partial charge on any atom is 0.421 e. The molecule has 0 aliphatic carbocycles. The van der Waals surface area contributed by atoms with E-state index in [-0.39, 0.29) is 13.2 Å². The van der Waals surface area contributed by atoms with Gasteiger partial charge in [0.05, 0.1) is 6.04 Å². The molecule has 0 saturated carbocycles. The predicted octanol–water partition coefficient (Wildman–Crippen LogP) is 5.68. The van der Waals surface area contributed by atoms with E-state index in [9.17, 15) is 18.3 Å². The standard InChI is InChI=1S/C14H13F3N2O.C14H15NO2/c15-14(16,17)11-7-4-8-19-13(11)20-9-12(18)10-5-2-1-3-6-10;1-11-6-5-9-15-14(11)17-10-13(16)12-7-3-2-4-8-12/h1-8,12H,9,18H2;2-9,13,16H,10H2,1H3. The van der Waals surface area contributed by atoms with Gasteiger partial charge in [0, 0.05) is 18.0 Å². The number of pyridine rings is 2. The first-order valence-electron chi connectivity index (χ1n) is 11.5. The van der Waals surface area contributed by atoms with E-state index in [1.54, 1.807) is 30.5 Å². The third-order valence-electron chi connectivity index (χ3n) is 5.23. The normalized spacial score (nSPS) is 12.6. The van der Waals surface area contributed by atoms with Gasteiger partial charge < -0.3 is 20.3 Å². The van der Waals surface area contributed by atoms with E-state index in [0.717, 1.165) is 22.8 Å². The molecule has 3 N–H and O–H groups in total. The monoisotopic (exact) mass is 511 g/mol. The summed E-state index contributed by atoms with van der Waals surface area (Å²) in [5.41, 5.74) is 7.57. The van der Waals surface area contributed by atoms with Gasteiger partial charge in [0.25, 0.3) is 0 Å². The van der Waals surface area contributed by atoms with Gasteiger partial charge in [-0.3, -0.25) is 0 Å². The van der Waals surface area contributed by atoms with Crippen LogP contribution >= 0.6 is 0 Å². The molecule has 0 amide bonds. The molecule has 2 aromatic carbocycles. The van der Waals surface area contributed by atoms with Gasteiger partial charge in [-0.05, 0) is 36.2 Å². The summed E-state index contributed by atoms with van der Waals surface area (Å²) in [5, 5.41) is 9.92. The van der Waals surface area contributed by atoms with Crippen molar-refractivity contribution in [2.75, 3.05) is 13.2 Å². The molecule has 37 heavy (non-hydrogen) atoms. The van der Waals surface area contributed by atoms with Crippen molar-refractivity contribution in [2.24, 2.45) is 5.73 Å². The molecule has 2 unspecified atom stereocenters. The van der Waals surface area contributed by atoms with Crippen LogP contribution < -0.4 is 15.2 Å². The molecule has 2 aromatic heterocycles. The van der Waals surface area contributed by atoms with Crippen LogP contribution in [0.15, 0.2) is 97.3 Å². The Morgan fingerprint density at radius 2 is 1.30 bits per heavy atom. The zero-order valence-electron chi connectivity index (χ0n) is 20.2. The van der Waals surface area contributed by atoms with E-state index < -0.39 is 29.8 Å². The summed E-state index contributed by atoms with van der Waals surface area (Å²) in [5.74, 6) is 0.119. The average Bonchev–Trinajstić information content (AvgIpc) is 2.92. The zero-order chi connectivity index (χ0) is 26.7. The Balaban J connectivity index is 0.000000208. The van der Waals surface area contributed by atoms with Crippen molar-refractivity contribution >= 4 is 0 Å². The summed E-state index contributed by atoms with van der Waals surface area (Å²) in [6.07, 6.45) is -2.20. The molecule has 6 nitrogen and oxygen atoms in total. The van der Waals surface area contributed by atoms with Crippen molar-refractivity contribution in [1.82, 2.24) is 9.97 Å². The Labute approximate surface area is 213 Å². The predicted molar refractivity (Wildman–Crippen MR) is 134 cm³/mol. The Hall–Kier alpha value is -3.95. The number of nitrogens with two attached hydrogens (primary N) is 1. The molecular weight excluding hydrogens is 483 g/mol. The Morgan fingerprint density at radius 1 is 0.757 bits per heavy atom. The van der Waals surface area contributed by atoms with E-state index in [1.807, 2.05) is 55.5 Å². The van der Waals surface area contributed by atoms with Crippen molar-refractivity contribution in [2.45, 2.75) is 25.2 Å². The molecule has 4 rings (SSSR count). The number of hydrogen-bond donors (Lipinski definition) is 2. The molecule has 9 heteroatoms. The smallest absolute Gasteiger partial charge is 0.421 e. The molecule has 194 valence electrons. The molecule has 0 spiro atoms. The van der Waals surface area contributed by atoms with E-state index >= 15 is 0 Å². The van der Waals surface area contributed by atoms with Crippen molar-refractivity contribution in [3.8, 4) is 11.8 Å². The molecular formula is C28H28F3N3O3. The third-order valence-corrected chi connectivity index (χ3v) is 5.23. The number of aliphatic hydroxyl groups excluding tert-OH is 1. The van der Waals surface area contributed by atoms with Crippen LogP contribution in [0.4, 0.5) is 13.2 Å². The number of alkyl halides is 3. The number of rotatable bonds is 8. The van der Waals surface area contributed by atoms with Gasteiger partial charge in [-0.2, -0.15) is 13.2 Å². The minimum atomic E-state index is -4.50. The summed E-state index contributed by atoms with van der Waals surface area (Å²) in [7, 11) is 0. The second-order valence-electron chi connectivity index (χ2n) is 8.04. The number of benzene rings is 2. The molecule has 4 aromatic rings. The average molecular weight is 512 g/mol. The fourth-order valence-electron chi connectivity index (χ4n) is 3.24. The molecule has 0 bridgehead atoms. The van der Waals surface area contributed by atoms with Crippen LogP contribution in [0, 0.1) is 6.92 Å².